The lowest BCUT2D eigenvalue weighted by molar-refractivity contribution is 0.0511. The van der Waals surface area contributed by atoms with Crippen molar-refractivity contribution in [3.8, 4) is 5.69 Å². The molecule has 5 rings (SSSR count). The van der Waals surface area contributed by atoms with Gasteiger partial charge in [-0.1, -0.05) is 0 Å². The number of hydrogen-bond donors (Lipinski definition) is 0. The molecule has 8 heteroatoms. The minimum absolute atomic E-state index is 0.227. The lowest BCUT2D eigenvalue weighted by Gasteiger charge is -2.39. The number of halogens is 1. The molecule has 0 saturated carbocycles. The summed E-state index contributed by atoms with van der Waals surface area (Å²) in [5.41, 5.74) is 3.15. The number of aromatic nitrogens is 3. The number of amides is 1. The summed E-state index contributed by atoms with van der Waals surface area (Å²) in [6.45, 7) is 7.77. The Morgan fingerprint density at radius 3 is 2.72 bits per heavy atom. The third-order valence-corrected chi connectivity index (χ3v) is 6.27. The number of hydrogen-bond acceptors (Lipinski definition) is 4. The standard InChI is InChI=1S/C24H23FN4O3/c1-13-7-17-18(11-32-22(17)8-19(13)25)16(4)29-15(3)10-28-21(24(29)31)6-5-20(23(28)30)27-9-14(2)26-12-27/h5-9,11-12,15-16H,10H2,1-4H3. The van der Waals surface area contributed by atoms with Crippen molar-refractivity contribution >= 4 is 16.9 Å². The molecule has 0 bridgehead atoms. The minimum atomic E-state index is -0.328. The highest BCUT2D eigenvalue weighted by Crippen LogP contribution is 2.34. The van der Waals surface area contributed by atoms with E-state index in [2.05, 4.69) is 4.98 Å². The number of nitrogens with zero attached hydrogens (tertiary/aromatic N) is 4. The maximum atomic E-state index is 13.9. The molecule has 0 N–H and O–H groups in total. The van der Waals surface area contributed by atoms with Gasteiger partial charge in [-0.2, -0.15) is 0 Å². The highest BCUT2D eigenvalue weighted by Gasteiger charge is 2.35. The molecular formula is C24H23FN4O3. The van der Waals surface area contributed by atoms with Crippen LogP contribution in [0.2, 0.25) is 0 Å². The quantitative estimate of drug-likeness (QED) is 0.486. The Hall–Kier alpha value is -3.68. The van der Waals surface area contributed by atoms with Gasteiger partial charge in [-0.05, 0) is 51.5 Å². The van der Waals surface area contributed by atoms with Crippen molar-refractivity contribution < 1.29 is 13.6 Å². The Morgan fingerprint density at radius 1 is 1.22 bits per heavy atom. The number of pyridine rings is 1. The van der Waals surface area contributed by atoms with Gasteiger partial charge < -0.3 is 18.5 Å². The Morgan fingerprint density at radius 2 is 2.00 bits per heavy atom. The van der Waals surface area contributed by atoms with Gasteiger partial charge in [-0.15, -0.1) is 0 Å². The molecule has 164 valence electrons. The van der Waals surface area contributed by atoms with Gasteiger partial charge in [0.2, 0.25) is 0 Å². The fourth-order valence-electron chi connectivity index (χ4n) is 4.58. The molecule has 0 fully saturated rings. The third-order valence-electron chi connectivity index (χ3n) is 6.27. The van der Waals surface area contributed by atoms with Crippen LogP contribution < -0.4 is 5.56 Å². The molecular weight excluding hydrogens is 411 g/mol. The van der Waals surface area contributed by atoms with E-state index in [-0.39, 0.29) is 29.4 Å². The number of rotatable bonds is 3. The Kier molecular flexibility index (Phi) is 4.54. The molecule has 1 amide bonds. The van der Waals surface area contributed by atoms with Gasteiger partial charge >= 0.3 is 0 Å². The van der Waals surface area contributed by atoms with E-state index in [1.165, 1.54) is 10.6 Å². The van der Waals surface area contributed by atoms with Crippen LogP contribution >= 0.6 is 0 Å². The predicted octanol–water partition coefficient (Wildman–Crippen LogP) is 4.14. The van der Waals surface area contributed by atoms with Crippen molar-refractivity contribution in [2.24, 2.45) is 0 Å². The van der Waals surface area contributed by atoms with Crippen LogP contribution in [-0.4, -0.2) is 31.0 Å². The number of fused-ring (bicyclic) bond motifs is 2. The first-order valence-corrected chi connectivity index (χ1v) is 10.5. The Balaban J connectivity index is 1.55. The molecule has 0 spiro atoms. The molecule has 3 aromatic heterocycles. The molecule has 4 aromatic rings. The molecule has 2 atom stereocenters. The van der Waals surface area contributed by atoms with Crippen molar-refractivity contribution in [1.29, 1.82) is 0 Å². The number of aryl methyl sites for hydroxylation is 2. The smallest absolute Gasteiger partial charge is 0.275 e. The highest BCUT2D eigenvalue weighted by atomic mass is 19.1. The van der Waals surface area contributed by atoms with Crippen LogP contribution in [0.3, 0.4) is 0 Å². The van der Waals surface area contributed by atoms with E-state index in [4.69, 9.17) is 4.42 Å². The van der Waals surface area contributed by atoms with Crippen LogP contribution in [0.4, 0.5) is 4.39 Å². The average molecular weight is 434 g/mol. The minimum Gasteiger partial charge on any atom is -0.464 e. The molecule has 32 heavy (non-hydrogen) atoms. The van der Waals surface area contributed by atoms with Gasteiger partial charge in [0, 0.05) is 35.8 Å². The summed E-state index contributed by atoms with van der Waals surface area (Å²) in [6, 6.07) is 5.92. The molecule has 1 aliphatic heterocycles. The summed E-state index contributed by atoms with van der Waals surface area (Å²) < 4.78 is 22.7. The summed E-state index contributed by atoms with van der Waals surface area (Å²) in [6.07, 6.45) is 4.96. The summed E-state index contributed by atoms with van der Waals surface area (Å²) in [4.78, 5) is 32.6. The lowest BCUT2D eigenvalue weighted by Crippen LogP contribution is -2.50. The van der Waals surface area contributed by atoms with E-state index in [0.717, 1.165) is 16.6 Å². The third kappa shape index (κ3) is 2.97. The number of benzene rings is 1. The lowest BCUT2D eigenvalue weighted by atomic mass is 10.0. The van der Waals surface area contributed by atoms with Gasteiger partial charge in [-0.3, -0.25) is 9.59 Å². The average Bonchev–Trinajstić information content (AvgIpc) is 3.35. The van der Waals surface area contributed by atoms with Crippen LogP contribution in [0.15, 0.2) is 52.3 Å². The van der Waals surface area contributed by atoms with E-state index in [1.54, 1.807) is 53.4 Å². The molecule has 0 aliphatic carbocycles. The first kappa shape index (κ1) is 20.2. The molecule has 2 unspecified atom stereocenters. The molecule has 1 aromatic carbocycles. The first-order chi connectivity index (χ1) is 15.3. The Bertz CT molecular complexity index is 1430. The topological polar surface area (TPSA) is 73.3 Å². The largest absolute Gasteiger partial charge is 0.464 e. The van der Waals surface area contributed by atoms with Crippen LogP contribution in [0, 0.1) is 19.7 Å². The van der Waals surface area contributed by atoms with E-state index in [1.807, 2.05) is 20.8 Å². The summed E-state index contributed by atoms with van der Waals surface area (Å²) in [5.74, 6) is -0.555. The van der Waals surface area contributed by atoms with Crippen LogP contribution in [0.5, 0.6) is 0 Å². The normalized spacial score (nSPS) is 17.1. The predicted molar refractivity (Wildman–Crippen MR) is 118 cm³/mol. The monoisotopic (exact) mass is 434 g/mol. The zero-order valence-corrected chi connectivity index (χ0v) is 18.3. The fourth-order valence-corrected chi connectivity index (χ4v) is 4.58. The second-order valence-corrected chi connectivity index (χ2v) is 8.47. The van der Waals surface area contributed by atoms with Gasteiger partial charge in [-0.25, -0.2) is 9.37 Å². The van der Waals surface area contributed by atoms with Gasteiger partial charge in [0.15, 0.2) is 0 Å². The fraction of sp³-hybridized carbons (Fsp3) is 0.292. The second-order valence-electron chi connectivity index (χ2n) is 8.47. The van der Waals surface area contributed by atoms with Crippen molar-refractivity contribution in [2.45, 2.75) is 46.3 Å². The molecule has 0 saturated heterocycles. The van der Waals surface area contributed by atoms with E-state index in [9.17, 15) is 14.0 Å². The SMILES string of the molecule is Cc1cn(-c2ccc3n(c2=O)CC(C)N(C(C)c2coc4cc(F)c(C)cc24)C3=O)cn1. The summed E-state index contributed by atoms with van der Waals surface area (Å²) >= 11 is 0. The number of carbonyl (C=O) groups excluding carboxylic acids is 1. The highest BCUT2D eigenvalue weighted by molar-refractivity contribution is 5.94. The maximum Gasteiger partial charge on any atom is 0.275 e. The zero-order chi connectivity index (χ0) is 22.7. The van der Waals surface area contributed by atoms with E-state index < -0.39 is 0 Å². The molecule has 0 radical (unpaired) electrons. The van der Waals surface area contributed by atoms with Gasteiger partial charge in [0.05, 0.1) is 24.3 Å². The number of imidazole rings is 1. The van der Waals surface area contributed by atoms with Crippen molar-refractivity contribution in [3.05, 3.63) is 81.7 Å². The number of carbonyl (C=O) groups is 1. The molecule has 4 heterocycles. The van der Waals surface area contributed by atoms with Gasteiger partial charge in [0.1, 0.15) is 22.8 Å². The second kappa shape index (κ2) is 7.19. The van der Waals surface area contributed by atoms with E-state index >= 15 is 0 Å². The van der Waals surface area contributed by atoms with Crippen molar-refractivity contribution in [1.82, 2.24) is 19.0 Å². The van der Waals surface area contributed by atoms with Crippen LogP contribution in [-0.2, 0) is 6.54 Å². The van der Waals surface area contributed by atoms with Gasteiger partial charge in [0.25, 0.3) is 11.5 Å². The molecule has 7 nitrogen and oxygen atoms in total. The van der Waals surface area contributed by atoms with Crippen LogP contribution in [0.1, 0.15) is 47.2 Å². The van der Waals surface area contributed by atoms with Crippen LogP contribution in [0.25, 0.3) is 16.7 Å². The molecule has 1 aliphatic rings. The van der Waals surface area contributed by atoms with Crippen molar-refractivity contribution in [3.63, 3.8) is 0 Å². The van der Waals surface area contributed by atoms with E-state index in [0.29, 0.717) is 29.1 Å². The zero-order valence-electron chi connectivity index (χ0n) is 18.3. The summed E-state index contributed by atoms with van der Waals surface area (Å²) in [7, 11) is 0. The number of furan rings is 1. The summed E-state index contributed by atoms with van der Waals surface area (Å²) in [5, 5.41) is 0.783. The Labute approximate surface area is 183 Å². The van der Waals surface area contributed by atoms with Crippen molar-refractivity contribution in [2.75, 3.05) is 0 Å². The first-order valence-electron chi connectivity index (χ1n) is 10.5. The maximum absolute atomic E-state index is 13.9.